The average Bonchev–Trinajstić information content (AvgIpc) is 3.11. The van der Waals surface area contributed by atoms with Gasteiger partial charge in [-0.2, -0.15) is 8.78 Å². The summed E-state index contributed by atoms with van der Waals surface area (Å²) in [6.45, 7) is 0.256. The molecule has 0 saturated heterocycles. The normalized spacial score (nSPS) is 11.4. The second kappa shape index (κ2) is 9.75. The first-order valence-electron chi connectivity index (χ1n) is 6.76. The van der Waals surface area contributed by atoms with E-state index in [1.54, 1.807) is 18.4 Å². The van der Waals surface area contributed by atoms with E-state index in [0.717, 1.165) is 16.0 Å². The first-order chi connectivity index (χ1) is 10.6. The molecule has 0 unspecified atom stereocenters. The molecule has 0 bridgehead atoms. The van der Waals surface area contributed by atoms with Gasteiger partial charge in [-0.15, -0.1) is 35.3 Å². The Morgan fingerprint density at radius 1 is 1.39 bits per heavy atom. The van der Waals surface area contributed by atoms with Crippen molar-refractivity contribution in [3.63, 3.8) is 0 Å². The van der Waals surface area contributed by atoms with Crippen LogP contribution >= 0.6 is 35.3 Å². The van der Waals surface area contributed by atoms with E-state index in [1.165, 1.54) is 17.3 Å². The van der Waals surface area contributed by atoms with E-state index in [-0.39, 0.29) is 36.3 Å². The maximum atomic E-state index is 12.7. The van der Waals surface area contributed by atoms with Crippen LogP contribution in [0.1, 0.15) is 22.3 Å². The summed E-state index contributed by atoms with van der Waals surface area (Å²) in [5, 5.41) is 7.13. The Morgan fingerprint density at radius 3 is 2.78 bits per heavy atom. The summed E-state index contributed by atoms with van der Waals surface area (Å²) in [6.07, 6.45) is 5.23. The highest BCUT2D eigenvalue weighted by Gasteiger charge is 2.11. The lowest BCUT2D eigenvalue weighted by molar-refractivity contribution is 0.0668. The fourth-order valence-electron chi connectivity index (χ4n) is 1.85. The molecule has 2 heterocycles. The number of hydrogen-bond donors (Lipinski definition) is 2. The van der Waals surface area contributed by atoms with Crippen LogP contribution in [0.4, 0.5) is 8.78 Å². The van der Waals surface area contributed by atoms with Crippen LogP contribution in [0.5, 0.6) is 0 Å². The van der Waals surface area contributed by atoms with Crippen molar-refractivity contribution in [2.75, 3.05) is 13.6 Å². The molecule has 0 aliphatic carbocycles. The minimum Gasteiger partial charge on any atom is -0.356 e. The Morgan fingerprint density at radius 2 is 2.17 bits per heavy atom. The van der Waals surface area contributed by atoms with Crippen molar-refractivity contribution in [3.8, 4) is 0 Å². The van der Waals surface area contributed by atoms with Crippen molar-refractivity contribution >= 4 is 41.3 Å². The SMILES string of the molecule is CN=C(NCCc1ncc(C)s1)NCc1nccn1C(F)F.I. The lowest BCUT2D eigenvalue weighted by Gasteiger charge is -2.12. The third-order valence-electron chi connectivity index (χ3n) is 2.90. The molecule has 0 radical (unpaired) electrons. The largest absolute Gasteiger partial charge is 0.356 e. The van der Waals surface area contributed by atoms with Gasteiger partial charge in [-0.05, 0) is 6.92 Å². The zero-order valence-electron chi connectivity index (χ0n) is 12.8. The molecule has 0 aromatic carbocycles. The van der Waals surface area contributed by atoms with E-state index < -0.39 is 6.55 Å². The first kappa shape index (κ1) is 19.7. The number of hydrogen-bond acceptors (Lipinski definition) is 4. The molecule has 23 heavy (non-hydrogen) atoms. The van der Waals surface area contributed by atoms with Gasteiger partial charge in [-0.25, -0.2) is 9.97 Å². The number of imidazole rings is 1. The highest BCUT2D eigenvalue weighted by atomic mass is 127. The molecule has 10 heteroatoms. The monoisotopic (exact) mass is 456 g/mol. The summed E-state index contributed by atoms with van der Waals surface area (Å²) in [4.78, 5) is 13.4. The minimum absolute atomic E-state index is 0. The third kappa shape index (κ3) is 6.01. The van der Waals surface area contributed by atoms with Crippen LogP contribution < -0.4 is 10.6 Å². The van der Waals surface area contributed by atoms with E-state index in [2.05, 4.69) is 25.6 Å². The summed E-state index contributed by atoms with van der Waals surface area (Å²) >= 11 is 1.66. The summed E-state index contributed by atoms with van der Waals surface area (Å²) in [5.74, 6) is 0.797. The fraction of sp³-hybridized carbons (Fsp3) is 0.462. The van der Waals surface area contributed by atoms with Gasteiger partial charge in [0.2, 0.25) is 0 Å². The van der Waals surface area contributed by atoms with Crippen LogP contribution in [-0.4, -0.2) is 34.1 Å². The molecular formula is C13H19F2IN6S. The van der Waals surface area contributed by atoms with E-state index in [9.17, 15) is 8.78 Å². The van der Waals surface area contributed by atoms with E-state index >= 15 is 0 Å². The van der Waals surface area contributed by atoms with Gasteiger partial charge in [0, 0.05) is 43.5 Å². The summed E-state index contributed by atoms with van der Waals surface area (Å²) in [5.41, 5.74) is 0. The molecule has 0 fully saturated rings. The van der Waals surface area contributed by atoms with Gasteiger partial charge in [0.05, 0.1) is 11.6 Å². The first-order valence-corrected chi connectivity index (χ1v) is 7.57. The number of aryl methyl sites for hydroxylation is 1. The lowest BCUT2D eigenvalue weighted by atomic mass is 10.4. The molecule has 0 amide bonds. The third-order valence-corrected chi connectivity index (χ3v) is 3.87. The summed E-state index contributed by atoms with van der Waals surface area (Å²) in [6, 6.07) is 0. The molecule has 128 valence electrons. The van der Waals surface area contributed by atoms with Crippen LogP contribution in [0.2, 0.25) is 0 Å². The molecule has 2 N–H and O–H groups in total. The van der Waals surface area contributed by atoms with Crippen LogP contribution in [0, 0.1) is 6.92 Å². The maximum absolute atomic E-state index is 12.7. The summed E-state index contributed by atoms with van der Waals surface area (Å²) in [7, 11) is 1.63. The van der Waals surface area contributed by atoms with Gasteiger partial charge >= 0.3 is 6.55 Å². The molecule has 6 nitrogen and oxygen atoms in total. The van der Waals surface area contributed by atoms with Gasteiger partial charge in [-0.3, -0.25) is 9.56 Å². The van der Waals surface area contributed by atoms with Gasteiger partial charge < -0.3 is 10.6 Å². The zero-order chi connectivity index (χ0) is 15.9. The number of alkyl halides is 2. The molecule has 2 aromatic rings. The smallest absolute Gasteiger partial charge is 0.319 e. The second-order valence-electron chi connectivity index (χ2n) is 4.50. The molecular weight excluding hydrogens is 437 g/mol. The Kier molecular flexibility index (Phi) is 8.37. The molecule has 0 saturated carbocycles. The van der Waals surface area contributed by atoms with Crippen LogP contribution in [-0.2, 0) is 13.0 Å². The number of halogens is 3. The van der Waals surface area contributed by atoms with Crippen LogP contribution in [0.25, 0.3) is 0 Å². The minimum atomic E-state index is -2.59. The average molecular weight is 456 g/mol. The number of thiazole rings is 1. The summed E-state index contributed by atoms with van der Waals surface area (Å²) < 4.78 is 26.2. The van der Waals surface area contributed by atoms with E-state index in [0.29, 0.717) is 12.5 Å². The van der Waals surface area contributed by atoms with Crippen molar-refractivity contribution in [2.45, 2.75) is 26.4 Å². The number of rotatable bonds is 6. The predicted octanol–water partition coefficient (Wildman–Crippen LogP) is 2.57. The van der Waals surface area contributed by atoms with Gasteiger partial charge in [0.15, 0.2) is 5.96 Å². The second-order valence-corrected chi connectivity index (χ2v) is 5.81. The van der Waals surface area contributed by atoms with Crippen molar-refractivity contribution in [1.82, 2.24) is 25.2 Å². The Balaban J connectivity index is 0.00000264. The van der Waals surface area contributed by atoms with Crippen molar-refractivity contribution in [3.05, 3.63) is 34.3 Å². The predicted molar refractivity (Wildman–Crippen MR) is 97.7 cm³/mol. The van der Waals surface area contributed by atoms with Crippen LogP contribution in [0.15, 0.2) is 23.6 Å². The molecule has 2 rings (SSSR count). The fourth-order valence-corrected chi connectivity index (χ4v) is 2.63. The maximum Gasteiger partial charge on any atom is 0.319 e. The van der Waals surface area contributed by atoms with Crippen molar-refractivity contribution < 1.29 is 8.78 Å². The van der Waals surface area contributed by atoms with E-state index in [4.69, 9.17) is 0 Å². The lowest BCUT2D eigenvalue weighted by Crippen LogP contribution is -2.38. The standard InChI is InChI=1S/C13H18F2N6S.HI/c1-9-7-19-11(22-9)3-4-18-13(16-2)20-8-10-17-5-6-21(10)12(14)15;/h5-7,12H,3-4,8H2,1-2H3,(H2,16,18,20);1H. The highest BCUT2D eigenvalue weighted by molar-refractivity contribution is 14.0. The van der Waals surface area contributed by atoms with E-state index in [1.807, 2.05) is 13.1 Å². The number of nitrogens with zero attached hydrogens (tertiary/aromatic N) is 4. The molecule has 0 spiro atoms. The zero-order valence-corrected chi connectivity index (χ0v) is 15.9. The Labute approximate surface area is 154 Å². The van der Waals surface area contributed by atoms with Crippen LogP contribution in [0.3, 0.4) is 0 Å². The van der Waals surface area contributed by atoms with Crippen molar-refractivity contribution in [1.29, 1.82) is 0 Å². The molecule has 0 aliphatic rings. The number of aromatic nitrogens is 3. The number of guanidine groups is 1. The molecule has 0 atom stereocenters. The Bertz CT molecular complexity index is 628. The topological polar surface area (TPSA) is 67.1 Å². The number of aliphatic imine (C=N–C) groups is 1. The molecule has 0 aliphatic heterocycles. The molecule has 2 aromatic heterocycles. The van der Waals surface area contributed by atoms with Gasteiger partial charge in [0.1, 0.15) is 5.82 Å². The van der Waals surface area contributed by atoms with Gasteiger partial charge in [0.25, 0.3) is 0 Å². The highest BCUT2D eigenvalue weighted by Crippen LogP contribution is 2.12. The van der Waals surface area contributed by atoms with Gasteiger partial charge in [-0.1, -0.05) is 0 Å². The Hall–Kier alpha value is -1.30. The quantitative estimate of drug-likeness (QED) is 0.399. The van der Waals surface area contributed by atoms with Crippen molar-refractivity contribution in [2.24, 2.45) is 4.99 Å². The number of nitrogens with one attached hydrogen (secondary N) is 2.